The number of rotatable bonds is 2. The lowest BCUT2D eigenvalue weighted by Crippen LogP contribution is -1.78. The minimum atomic E-state index is 0.329. The smallest absolute Gasteiger partial charge is 0.154 e. The van der Waals surface area contributed by atoms with Crippen LogP contribution in [0.2, 0.25) is 0 Å². The molecule has 52 valence electrons. The molecule has 2 nitrogen and oxygen atoms in total. The van der Waals surface area contributed by atoms with Gasteiger partial charge in [0.1, 0.15) is 0 Å². The third-order valence-corrected chi connectivity index (χ3v) is 1.99. The first-order chi connectivity index (χ1) is 4.88. The molecule has 0 fully saturated rings. The number of aldehydes is 1. The van der Waals surface area contributed by atoms with Crippen molar-refractivity contribution in [2.45, 2.75) is 0 Å². The van der Waals surface area contributed by atoms with E-state index < -0.39 is 0 Å². The van der Waals surface area contributed by atoms with Crippen molar-refractivity contribution in [3.05, 3.63) is 28.7 Å². The van der Waals surface area contributed by atoms with Crippen LogP contribution in [0.5, 0.6) is 0 Å². The SMILES string of the molecule is O=C/C(=C/O)c1cccs1. The van der Waals surface area contributed by atoms with Crippen LogP contribution in [0.15, 0.2) is 23.8 Å². The topological polar surface area (TPSA) is 37.3 Å². The molecule has 0 atom stereocenters. The predicted octanol–water partition coefficient (Wildman–Crippen LogP) is 1.85. The number of hydrogen-bond acceptors (Lipinski definition) is 3. The summed E-state index contributed by atoms with van der Waals surface area (Å²) >= 11 is 1.42. The van der Waals surface area contributed by atoms with Crippen molar-refractivity contribution in [2.24, 2.45) is 0 Å². The average molecular weight is 154 g/mol. The molecule has 0 bridgehead atoms. The molecule has 0 unspecified atom stereocenters. The average Bonchev–Trinajstić information content (AvgIpc) is 2.43. The minimum absolute atomic E-state index is 0.329. The van der Waals surface area contributed by atoms with Crippen LogP contribution < -0.4 is 0 Å². The van der Waals surface area contributed by atoms with E-state index in [4.69, 9.17) is 5.11 Å². The van der Waals surface area contributed by atoms with Crippen LogP contribution in [0, 0.1) is 0 Å². The molecule has 0 saturated carbocycles. The summed E-state index contributed by atoms with van der Waals surface area (Å²) in [5.41, 5.74) is 0.329. The van der Waals surface area contributed by atoms with Crippen LogP contribution >= 0.6 is 11.3 Å². The maximum absolute atomic E-state index is 10.2. The lowest BCUT2D eigenvalue weighted by atomic mass is 10.3. The van der Waals surface area contributed by atoms with Gasteiger partial charge in [-0.05, 0) is 11.4 Å². The van der Waals surface area contributed by atoms with Crippen molar-refractivity contribution in [1.29, 1.82) is 0 Å². The normalized spacial score (nSPS) is 11.4. The summed E-state index contributed by atoms with van der Waals surface area (Å²) in [6.45, 7) is 0. The summed E-state index contributed by atoms with van der Waals surface area (Å²) in [6.07, 6.45) is 1.45. The number of thiophene rings is 1. The first-order valence-electron chi connectivity index (χ1n) is 2.72. The molecule has 0 aliphatic heterocycles. The Bertz CT molecular complexity index is 236. The fourth-order valence-electron chi connectivity index (χ4n) is 0.595. The molecule has 0 saturated heterocycles. The van der Waals surface area contributed by atoms with Gasteiger partial charge in [-0.1, -0.05) is 6.07 Å². The molecule has 0 radical (unpaired) electrons. The van der Waals surface area contributed by atoms with Crippen LogP contribution in [-0.4, -0.2) is 11.4 Å². The first-order valence-corrected chi connectivity index (χ1v) is 3.60. The van der Waals surface area contributed by atoms with Crippen molar-refractivity contribution < 1.29 is 9.90 Å². The monoisotopic (exact) mass is 154 g/mol. The molecule has 0 aliphatic rings. The van der Waals surface area contributed by atoms with E-state index in [1.807, 2.05) is 11.4 Å². The Balaban J connectivity index is 2.95. The largest absolute Gasteiger partial charge is 0.515 e. The second-order valence-electron chi connectivity index (χ2n) is 1.68. The van der Waals surface area contributed by atoms with E-state index in [0.29, 0.717) is 11.9 Å². The Kier molecular flexibility index (Phi) is 2.23. The van der Waals surface area contributed by atoms with E-state index in [2.05, 4.69) is 0 Å². The zero-order chi connectivity index (χ0) is 7.40. The van der Waals surface area contributed by atoms with Gasteiger partial charge < -0.3 is 5.11 Å². The summed E-state index contributed by atoms with van der Waals surface area (Å²) in [4.78, 5) is 11.0. The number of aliphatic hydroxyl groups is 1. The van der Waals surface area contributed by atoms with Gasteiger partial charge in [0.2, 0.25) is 0 Å². The third kappa shape index (κ3) is 1.25. The quantitative estimate of drug-likeness (QED) is 0.401. The van der Waals surface area contributed by atoms with E-state index >= 15 is 0 Å². The van der Waals surface area contributed by atoms with Crippen molar-refractivity contribution in [2.75, 3.05) is 0 Å². The summed E-state index contributed by atoms with van der Waals surface area (Å²) in [5, 5.41) is 10.4. The van der Waals surface area contributed by atoms with E-state index in [1.165, 1.54) is 11.3 Å². The van der Waals surface area contributed by atoms with Crippen LogP contribution in [0.4, 0.5) is 0 Å². The van der Waals surface area contributed by atoms with Gasteiger partial charge in [0.05, 0.1) is 11.8 Å². The van der Waals surface area contributed by atoms with Crippen LogP contribution in [-0.2, 0) is 4.79 Å². The van der Waals surface area contributed by atoms with Gasteiger partial charge in [0, 0.05) is 4.88 Å². The highest BCUT2D eigenvalue weighted by Gasteiger charge is 1.98. The Morgan fingerprint density at radius 3 is 2.90 bits per heavy atom. The molecule has 1 aromatic rings. The molecule has 1 rings (SSSR count). The Morgan fingerprint density at radius 2 is 2.50 bits per heavy atom. The minimum Gasteiger partial charge on any atom is -0.515 e. The molecule has 0 amide bonds. The third-order valence-electron chi connectivity index (χ3n) is 1.07. The van der Waals surface area contributed by atoms with Gasteiger partial charge in [0.25, 0.3) is 0 Å². The fourth-order valence-corrected chi connectivity index (χ4v) is 1.29. The van der Waals surface area contributed by atoms with Gasteiger partial charge in [-0.3, -0.25) is 4.79 Å². The standard InChI is InChI=1S/C7H6O2S/c8-4-6(5-9)7-2-1-3-10-7/h1-5,8H/b6-4-. The summed E-state index contributed by atoms with van der Waals surface area (Å²) < 4.78 is 0. The molecule has 3 heteroatoms. The highest BCUT2D eigenvalue weighted by Crippen LogP contribution is 2.16. The molecule has 10 heavy (non-hydrogen) atoms. The molecule has 0 aliphatic carbocycles. The Labute approximate surface area is 62.4 Å². The lowest BCUT2D eigenvalue weighted by Gasteiger charge is -1.88. The van der Waals surface area contributed by atoms with Crippen LogP contribution in [0.3, 0.4) is 0 Å². The second-order valence-corrected chi connectivity index (χ2v) is 2.63. The molecule has 1 heterocycles. The van der Waals surface area contributed by atoms with Crippen molar-refractivity contribution >= 4 is 23.2 Å². The molecule has 0 spiro atoms. The van der Waals surface area contributed by atoms with Crippen molar-refractivity contribution in [3.8, 4) is 0 Å². The second kappa shape index (κ2) is 3.17. The number of allylic oxidation sites excluding steroid dienone is 1. The van der Waals surface area contributed by atoms with Gasteiger partial charge in [-0.2, -0.15) is 0 Å². The molecular formula is C7H6O2S. The van der Waals surface area contributed by atoms with Gasteiger partial charge >= 0.3 is 0 Å². The van der Waals surface area contributed by atoms with Crippen molar-refractivity contribution in [3.63, 3.8) is 0 Å². The summed E-state index contributed by atoms with van der Waals surface area (Å²) in [7, 11) is 0. The maximum atomic E-state index is 10.2. The van der Waals surface area contributed by atoms with Gasteiger partial charge in [-0.25, -0.2) is 0 Å². The van der Waals surface area contributed by atoms with Crippen LogP contribution in [0.1, 0.15) is 4.88 Å². The molecule has 1 N–H and O–H groups in total. The first kappa shape index (κ1) is 7.02. The zero-order valence-corrected chi connectivity index (χ0v) is 5.97. The van der Waals surface area contributed by atoms with Crippen molar-refractivity contribution in [1.82, 2.24) is 0 Å². The fraction of sp³-hybridized carbons (Fsp3) is 0. The highest BCUT2D eigenvalue weighted by molar-refractivity contribution is 7.11. The molecule has 0 aromatic carbocycles. The lowest BCUT2D eigenvalue weighted by molar-refractivity contribution is -0.103. The summed E-state index contributed by atoms with van der Waals surface area (Å²) in [6, 6.07) is 3.61. The number of aliphatic hydroxyl groups excluding tert-OH is 1. The van der Waals surface area contributed by atoms with E-state index in [1.54, 1.807) is 6.07 Å². The zero-order valence-electron chi connectivity index (χ0n) is 5.15. The van der Waals surface area contributed by atoms with Gasteiger partial charge in [0.15, 0.2) is 6.29 Å². The summed E-state index contributed by atoms with van der Waals surface area (Å²) in [5.74, 6) is 0. The number of carbonyl (C=O) groups excluding carboxylic acids is 1. The molecular weight excluding hydrogens is 148 g/mol. The van der Waals surface area contributed by atoms with Gasteiger partial charge in [-0.15, -0.1) is 11.3 Å². The van der Waals surface area contributed by atoms with Crippen LogP contribution in [0.25, 0.3) is 5.57 Å². The molecule has 1 aromatic heterocycles. The van der Waals surface area contributed by atoms with E-state index in [-0.39, 0.29) is 0 Å². The highest BCUT2D eigenvalue weighted by atomic mass is 32.1. The Hall–Kier alpha value is -1.09. The maximum Gasteiger partial charge on any atom is 0.154 e. The number of hydrogen-bond donors (Lipinski definition) is 1. The van der Waals surface area contributed by atoms with E-state index in [0.717, 1.165) is 11.1 Å². The number of carbonyl (C=O) groups is 1. The Morgan fingerprint density at radius 1 is 1.70 bits per heavy atom. The predicted molar refractivity (Wildman–Crippen MR) is 41.0 cm³/mol. The van der Waals surface area contributed by atoms with E-state index in [9.17, 15) is 4.79 Å².